The highest BCUT2D eigenvalue weighted by Gasteiger charge is 2.17. The van der Waals surface area contributed by atoms with E-state index in [2.05, 4.69) is 161 Å². The number of aromatic nitrogens is 4. The molecule has 43 heavy (non-hydrogen) atoms. The van der Waals surface area contributed by atoms with Gasteiger partial charge in [-0.2, -0.15) is 4.57 Å². The maximum absolute atomic E-state index is 4.87. The first-order valence-corrected chi connectivity index (χ1v) is 15.3. The summed E-state index contributed by atoms with van der Waals surface area (Å²) in [6, 6.07) is 45.5. The molecule has 0 atom stereocenters. The Morgan fingerprint density at radius 3 is 2.26 bits per heavy atom. The van der Waals surface area contributed by atoms with Crippen molar-refractivity contribution in [3.8, 4) is 22.6 Å². The Morgan fingerprint density at radius 2 is 1.37 bits per heavy atom. The second-order valence-electron chi connectivity index (χ2n) is 10.9. The molecule has 3 heterocycles. The third kappa shape index (κ3) is 4.41. The minimum absolute atomic E-state index is 0.920. The zero-order valence-electron chi connectivity index (χ0n) is 24.0. The second kappa shape index (κ2) is 10.3. The molecule has 0 aliphatic rings. The Hall–Kier alpha value is -5.13. The molecule has 0 radical (unpaired) electrons. The summed E-state index contributed by atoms with van der Waals surface area (Å²) in [5.41, 5.74) is 9.51. The number of benzene rings is 5. The SMILES string of the molecule is Cc1ccccc1-c1ccnc(-n2c3ccccc3c3ccc(Sc4cccc(-n5[cH+]n(C)c6ccccc65)c4)cc32)c1. The van der Waals surface area contributed by atoms with Crippen molar-refractivity contribution in [2.75, 3.05) is 0 Å². The predicted octanol–water partition coefficient (Wildman–Crippen LogP) is 9.87. The molecule has 0 amide bonds. The van der Waals surface area contributed by atoms with Crippen molar-refractivity contribution in [2.45, 2.75) is 16.7 Å². The van der Waals surface area contributed by atoms with Gasteiger partial charge in [0.1, 0.15) is 11.5 Å². The Balaban J connectivity index is 1.23. The zero-order valence-corrected chi connectivity index (χ0v) is 24.8. The van der Waals surface area contributed by atoms with Crippen LogP contribution in [0.1, 0.15) is 5.56 Å². The van der Waals surface area contributed by atoms with Crippen LogP contribution >= 0.6 is 11.8 Å². The Labute approximate surface area is 254 Å². The molecule has 0 unspecified atom stereocenters. The van der Waals surface area contributed by atoms with E-state index in [4.69, 9.17) is 4.98 Å². The maximum atomic E-state index is 4.87. The molecular formula is C38H29N4S+. The smallest absolute Gasteiger partial charge is 0.191 e. The molecule has 0 spiro atoms. The van der Waals surface area contributed by atoms with Crippen molar-refractivity contribution in [2.24, 2.45) is 7.05 Å². The lowest BCUT2D eigenvalue weighted by atomic mass is 10.0. The summed E-state index contributed by atoms with van der Waals surface area (Å²) in [4.78, 5) is 7.26. The highest BCUT2D eigenvalue weighted by molar-refractivity contribution is 7.99. The summed E-state index contributed by atoms with van der Waals surface area (Å²) in [6.07, 6.45) is 4.07. The van der Waals surface area contributed by atoms with Crippen molar-refractivity contribution >= 4 is 44.6 Å². The van der Waals surface area contributed by atoms with Gasteiger partial charge in [-0.05, 0) is 78.2 Å². The van der Waals surface area contributed by atoms with E-state index in [9.17, 15) is 0 Å². The summed E-state index contributed by atoms with van der Waals surface area (Å²) in [5.74, 6) is 0.920. The van der Waals surface area contributed by atoms with Gasteiger partial charge in [-0.1, -0.05) is 60.3 Å². The molecule has 206 valence electrons. The fourth-order valence-corrected chi connectivity index (χ4v) is 7.07. The van der Waals surface area contributed by atoms with E-state index in [1.165, 1.54) is 48.3 Å². The molecule has 0 N–H and O–H groups in total. The number of hydrogen-bond donors (Lipinski definition) is 0. The Kier molecular flexibility index (Phi) is 6.12. The van der Waals surface area contributed by atoms with E-state index in [0.29, 0.717) is 0 Å². The summed E-state index contributed by atoms with van der Waals surface area (Å²) in [6.45, 7) is 2.16. The lowest BCUT2D eigenvalue weighted by Crippen LogP contribution is -1.98. The summed E-state index contributed by atoms with van der Waals surface area (Å²) in [7, 11) is 2.09. The van der Waals surface area contributed by atoms with Gasteiger partial charge in [0.05, 0.1) is 11.0 Å². The van der Waals surface area contributed by atoms with Crippen molar-refractivity contribution in [1.29, 1.82) is 0 Å². The van der Waals surface area contributed by atoms with E-state index >= 15 is 0 Å². The van der Waals surface area contributed by atoms with E-state index in [1.54, 1.807) is 11.8 Å². The quantitative estimate of drug-likeness (QED) is 0.192. The van der Waals surface area contributed by atoms with Gasteiger partial charge in [-0.15, -0.1) is 0 Å². The largest absolute Gasteiger partial charge is 0.294 e. The number of hydrogen-bond acceptors (Lipinski definition) is 2. The van der Waals surface area contributed by atoms with Crippen LogP contribution in [0.3, 0.4) is 0 Å². The first-order valence-electron chi connectivity index (χ1n) is 14.4. The Morgan fingerprint density at radius 1 is 0.628 bits per heavy atom. The molecule has 5 aromatic carbocycles. The van der Waals surface area contributed by atoms with E-state index in [-0.39, 0.29) is 0 Å². The van der Waals surface area contributed by atoms with Crippen molar-refractivity contribution in [3.05, 3.63) is 145 Å². The predicted molar refractivity (Wildman–Crippen MR) is 180 cm³/mol. The van der Waals surface area contributed by atoms with Crippen LogP contribution in [0.25, 0.3) is 55.5 Å². The third-order valence-electron chi connectivity index (χ3n) is 8.22. The molecule has 0 fully saturated rings. The highest BCUT2D eigenvalue weighted by atomic mass is 32.2. The molecule has 3 aromatic heterocycles. The van der Waals surface area contributed by atoms with Crippen molar-refractivity contribution in [3.63, 3.8) is 0 Å². The molecule has 8 rings (SSSR count). The minimum Gasteiger partial charge on any atom is -0.294 e. The van der Waals surface area contributed by atoms with Crippen LogP contribution in [0.4, 0.5) is 0 Å². The van der Waals surface area contributed by atoms with Crippen LogP contribution in [0.5, 0.6) is 0 Å². The van der Waals surface area contributed by atoms with Crippen LogP contribution in [-0.4, -0.2) is 18.7 Å². The van der Waals surface area contributed by atoms with Crippen molar-refractivity contribution < 1.29 is 0 Å². The molecule has 0 aliphatic carbocycles. The standard InChI is InChI=1S/C38H29N4S/c1-26-10-3-4-13-31(26)27-20-21-39-38(22-27)42-34-15-6-5-14-32(34)33-19-18-30(24-37(33)42)43-29-12-9-11-28(23-29)41-25-40(2)35-16-7-8-17-36(35)41/h3-25H,1-2H3/q+1. The van der Waals surface area contributed by atoms with Crippen LogP contribution in [0.2, 0.25) is 0 Å². The van der Waals surface area contributed by atoms with E-state index < -0.39 is 0 Å². The third-order valence-corrected chi connectivity index (χ3v) is 9.20. The molecule has 5 heteroatoms. The highest BCUT2D eigenvalue weighted by Crippen LogP contribution is 2.37. The lowest BCUT2D eigenvalue weighted by molar-refractivity contribution is 0.909. The van der Waals surface area contributed by atoms with Gasteiger partial charge in [-0.25, -0.2) is 9.55 Å². The number of imidazole rings is 1. The monoisotopic (exact) mass is 573 g/mol. The average molecular weight is 574 g/mol. The van der Waals surface area contributed by atoms with Crippen LogP contribution < -0.4 is 0 Å². The number of aryl methyl sites for hydroxylation is 2. The van der Waals surface area contributed by atoms with Crippen LogP contribution in [0.15, 0.2) is 150 Å². The van der Waals surface area contributed by atoms with Gasteiger partial charge >= 0.3 is 0 Å². The number of rotatable bonds is 5. The molecule has 0 saturated heterocycles. The summed E-state index contributed by atoms with van der Waals surface area (Å²) >= 11 is 1.79. The summed E-state index contributed by atoms with van der Waals surface area (Å²) < 4.78 is 6.73. The fourth-order valence-electron chi connectivity index (χ4n) is 6.17. The molecule has 0 aliphatic heterocycles. The minimum atomic E-state index is 0.920. The van der Waals surface area contributed by atoms with Gasteiger partial charge in [0.15, 0.2) is 17.4 Å². The average Bonchev–Trinajstić information content (AvgIpc) is 3.56. The van der Waals surface area contributed by atoms with Crippen molar-refractivity contribution in [1.82, 2.24) is 18.7 Å². The molecule has 0 bridgehead atoms. The first kappa shape index (κ1) is 25.6. The molecule has 0 saturated carbocycles. The van der Waals surface area contributed by atoms with Gasteiger partial charge in [0.2, 0.25) is 0 Å². The summed E-state index contributed by atoms with van der Waals surface area (Å²) in [5, 5.41) is 2.45. The number of para-hydroxylation sites is 3. The normalized spacial score (nSPS) is 11.6. The molecule has 8 aromatic rings. The zero-order chi connectivity index (χ0) is 28.9. The van der Waals surface area contributed by atoms with Gasteiger partial charge in [-0.3, -0.25) is 4.57 Å². The van der Waals surface area contributed by atoms with E-state index in [0.717, 1.165) is 22.5 Å². The topological polar surface area (TPSA) is 27.7 Å². The first-order chi connectivity index (χ1) is 21.1. The second-order valence-corrected chi connectivity index (χ2v) is 12.1. The fraction of sp³-hybridized carbons (Fsp3) is 0.0526. The maximum Gasteiger partial charge on any atom is 0.191 e. The van der Waals surface area contributed by atoms with Crippen LogP contribution in [-0.2, 0) is 7.05 Å². The van der Waals surface area contributed by atoms with E-state index in [1.807, 2.05) is 6.20 Å². The molecular weight excluding hydrogens is 545 g/mol. The van der Waals surface area contributed by atoms with Gasteiger partial charge < -0.3 is 0 Å². The molecule has 4 nitrogen and oxygen atoms in total. The lowest BCUT2D eigenvalue weighted by Gasteiger charge is -2.11. The number of nitrogens with zero attached hydrogens (tertiary/aromatic N) is 4. The Bertz CT molecular complexity index is 2310. The van der Waals surface area contributed by atoms with Gasteiger partial charge in [0, 0.05) is 58.1 Å². The number of fused-ring (bicyclic) bond motifs is 4. The van der Waals surface area contributed by atoms with Gasteiger partial charge in [0.25, 0.3) is 0 Å². The van der Waals surface area contributed by atoms with Crippen LogP contribution in [0, 0.1) is 6.92 Å². The number of pyridine rings is 1.